The van der Waals surface area contributed by atoms with Gasteiger partial charge in [-0.2, -0.15) is 0 Å². The van der Waals surface area contributed by atoms with Gasteiger partial charge in [-0.15, -0.1) is 0 Å². The van der Waals surface area contributed by atoms with Crippen LogP contribution in [0.1, 0.15) is 60.8 Å². The van der Waals surface area contributed by atoms with E-state index in [4.69, 9.17) is 0 Å². The van der Waals surface area contributed by atoms with Gasteiger partial charge in [0.25, 0.3) is 0 Å². The van der Waals surface area contributed by atoms with Gasteiger partial charge in [0.15, 0.2) is 0 Å². The Hall–Kier alpha value is -0.0800. The molecule has 1 aliphatic rings. The fourth-order valence-electron chi connectivity index (χ4n) is 2.95. The monoisotopic (exact) mass is 240 g/mol. The highest BCUT2D eigenvalue weighted by molar-refractivity contribution is 4.95. The lowest BCUT2D eigenvalue weighted by atomic mass is 9.87. The van der Waals surface area contributed by atoms with E-state index in [-0.39, 0.29) is 0 Å². The fraction of sp³-hybridized carbons (Fsp3) is 1.00. The normalized spacial score (nSPS) is 27.7. The van der Waals surface area contributed by atoms with Crippen LogP contribution in [0, 0.1) is 5.92 Å². The molecular weight excluding hydrogens is 208 g/mol. The predicted octanol–water partition coefficient (Wildman–Crippen LogP) is 3.27. The molecule has 1 aliphatic heterocycles. The van der Waals surface area contributed by atoms with Crippen molar-refractivity contribution < 1.29 is 0 Å². The summed E-state index contributed by atoms with van der Waals surface area (Å²) in [5.74, 6) is 0.730. The third-order valence-electron chi connectivity index (χ3n) is 4.94. The Morgan fingerprint density at radius 1 is 1.24 bits per heavy atom. The molecule has 1 fully saturated rings. The van der Waals surface area contributed by atoms with E-state index in [0.717, 1.165) is 18.5 Å². The summed E-state index contributed by atoms with van der Waals surface area (Å²) >= 11 is 0. The van der Waals surface area contributed by atoms with Crippen molar-refractivity contribution in [2.75, 3.05) is 13.1 Å². The molecule has 0 radical (unpaired) electrons. The van der Waals surface area contributed by atoms with Gasteiger partial charge in [-0.3, -0.25) is 4.90 Å². The molecule has 2 unspecified atom stereocenters. The maximum Gasteiger partial charge on any atom is 0.0224 e. The van der Waals surface area contributed by atoms with E-state index in [1.165, 1.54) is 25.8 Å². The molecule has 2 atom stereocenters. The Labute approximate surface area is 108 Å². The highest BCUT2D eigenvalue weighted by atomic mass is 15.3. The van der Waals surface area contributed by atoms with Crippen LogP contribution in [-0.2, 0) is 0 Å². The SMILES string of the molecule is CCC1CNC(C(C)C)CN1C(C)(CC)CC. The topological polar surface area (TPSA) is 15.3 Å². The van der Waals surface area contributed by atoms with Crippen LogP contribution in [0.4, 0.5) is 0 Å². The first kappa shape index (κ1) is 15.0. The summed E-state index contributed by atoms with van der Waals surface area (Å²) in [5.41, 5.74) is 0.385. The molecule has 1 saturated heterocycles. The Balaban J connectivity index is 2.82. The molecule has 17 heavy (non-hydrogen) atoms. The first-order valence-corrected chi connectivity index (χ1v) is 7.48. The van der Waals surface area contributed by atoms with Crippen molar-refractivity contribution in [1.29, 1.82) is 0 Å². The molecule has 0 saturated carbocycles. The number of hydrogen-bond acceptors (Lipinski definition) is 2. The molecule has 0 aromatic rings. The Morgan fingerprint density at radius 2 is 1.82 bits per heavy atom. The second-order valence-electron chi connectivity index (χ2n) is 6.18. The Bertz CT molecular complexity index is 221. The molecule has 1 N–H and O–H groups in total. The number of rotatable bonds is 5. The second kappa shape index (κ2) is 6.19. The van der Waals surface area contributed by atoms with E-state index < -0.39 is 0 Å². The van der Waals surface area contributed by atoms with Crippen molar-refractivity contribution in [3.8, 4) is 0 Å². The average molecular weight is 240 g/mol. The van der Waals surface area contributed by atoms with Crippen molar-refractivity contribution in [2.24, 2.45) is 5.92 Å². The number of hydrogen-bond donors (Lipinski definition) is 1. The molecule has 102 valence electrons. The molecule has 0 bridgehead atoms. The smallest absolute Gasteiger partial charge is 0.0224 e. The van der Waals surface area contributed by atoms with Gasteiger partial charge in [-0.25, -0.2) is 0 Å². The van der Waals surface area contributed by atoms with Crippen molar-refractivity contribution in [3.63, 3.8) is 0 Å². The van der Waals surface area contributed by atoms with E-state index >= 15 is 0 Å². The molecule has 0 amide bonds. The minimum Gasteiger partial charge on any atom is -0.311 e. The number of nitrogens with one attached hydrogen (secondary N) is 1. The first-order chi connectivity index (χ1) is 7.98. The van der Waals surface area contributed by atoms with E-state index in [2.05, 4.69) is 51.8 Å². The van der Waals surface area contributed by atoms with E-state index in [1.807, 2.05) is 0 Å². The standard InChI is InChI=1S/C15H32N2/c1-7-13-10-16-14(12(4)5)11-17(13)15(6,8-2)9-3/h12-14,16H,7-11H2,1-6H3. The van der Waals surface area contributed by atoms with Crippen LogP contribution in [0.15, 0.2) is 0 Å². The van der Waals surface area contributed by atoms with Crippen LogP contribution in [0.2, 0.25) is 0 Å². The lowest BCUT2D eigenvalue weighted by Crippen LogP contribution is -2.64. The highest BCUT2D eigenvalue weighted by Crippen LogP contribution is 2.29. The highest BCUT2D eigenvalue weighted by Gasteiger charge is 2.37. The first-order valence-electron chi connectivity index (χ1n) is 7.48. The number of nitrogens with zero attached hydrogens (tertiary/aromatic N) is 1. The molecule has 0 aliphatic carbocycles. The maximum absolute atomic E-state index is 3.73. The van der Waals surface area contributed by atoms with Gasteiger partial charge in [-0.1, -0.05) is 34.6 Å². The largest absolute Gasteiger partial charge is 0.311 e. The van der Waals surface area contributed by atoms with Crippen molar-refractivity contribution in [3.05, 3.63) is 0 Å². The third-order valence-corrected chi connectivity index (χ3v) is 4.94. The van der Waals surface area contributed by atoms with Crippen LogP contribution in [0.25, 0.3) is 0 Å². The maximum atomic E-state index is 3.73. The van der Waals surface area contributed by atoms with Crippen LogP contribution in [-0.4, -0.2) is 35.6 Å². The molecule has 1 heterocycles. The molecule has 2 nitrogen and oxygen atoms in total. The predicted molar refractivity (Wildman–Crippen MR) is 76.4 cm³/mol. The van der Waals surface area contributed by atoms with Crippen molar-refractivity contribution in [1.82, 2.24) is 10.2 Å². The van der Waals surface area contributed by atoms with E-state index in [0.29, 0.717) is 11.6 Å². The summed E-state index contributed by atoms with van der Waals surface area (Å²) in [6, 6.07) is 1.38. The summed E-state index contributed by atoms with van der Waals surface area (Å²) in [6.45, 7) is 16.5. The molecule has 1 rings (SSSR count). The second-order valence-corrected chi connectivity index (χ2v) is 6.18. The minimum absolute atomic E-state index is 0.385. The molecule has 2 heteroatoms. The molecular formula is C15H32N2. The van der Waals surface area contributed by atoms with Gasteiger partial charge in [0.05, 0.1) is 0 Å². The Kier molecular flexibility index (Phi) is 5.46. The Morgan fingerprint density at radius 3 is 2.24 bits per heavy atom. The minimum atomic E-state index is 0.385. The van der Waals surface area contributed by atoms with Crippen LogP contribution in [0.5, 0.6) is 0 Å². The zero-order valence-corrected chi connectivity index (χ0v) is 12.7. The van der Waals surface area contributed by atoms with Gasteiger partial charge in [-0.05, 0) is 32.1 Å². The van der Waals surface area contributed by atoms with Gasteiger partial charge in [0, 0.05) is 30.7 Å². The van der Waals surface area contributed by atoms with Gasteiger partial charge in [0.2, 0.25) is 0 Å². The zero-order valence-electron chi connectivity index (χ0n) is 12.7. The summed E-state index contributed by atoms with van der Waals surface area (Å²) in [5, 5.41) is 3.73. The van der Waals surface area contributed by atoms with E-state index in [1.54, 1.807) is 0 Å². The quantitative estimate of drug-likeness (QED) is 0.793. The van der Waals surface area contributed by atoms with Gasteiger partial charge in [0.1, 0.15) is 0 Å². The lowest BCUT2D eigenvalue weighted by Gasteiger charge is -2.51. The average Bonchev–Trinajstić information content (AvgIpc) is 2.36. The molecule has 0 aromatic carbocycles. The third kappa shape index (κ3) is 3.23. The van der Waals surface area contributed by atoms with E-state index in [9.17, 15) is 0 Å². The van der Waals surface area contributed by atoms with Crippen molar-refractivity contribution in [2.45, 2.75) is 78.4 Å². The fourth-order valence-corrected chi connectivity index (χ4v) is 2.95. The number of piperazine rings is 1. The summed E-state index contributed by atoms with van der Waals surface area (Å²) < 4.78 is 0. The lowest BCUT2D eigenvalue weighted by molar-refractivity contribution is 0.00533. The summed E-state index contributed by atoms with van der Waals surface area (Å²) in [6.07, 6.45) is 3.77. The molecule has 0 spiro atoms. The molecule has 0 aromatic heterocycles. The zero-order chi connectivity index (χ0) is 13.1. The summed E-state index contributed by atoms with van der Waals surface area (Å²) in [4.78, 5) is 2.79. The van der Waals surface area contributed by atoms with Crippen LogP contribution >= 0.6 is 0 Å². The van der Waals surface area contributed by atoms with Crippen LogP contribution in [0.3, 0.4) is 0 Å². The van der Waals surface area contributed by atoms with Gasteiger partial charge < -0.3 is 5.32 Å². The van der Waals surface area contributed by atoms with Crippen molar-refractivity contribution >= 4 is 0 Å². The van der Waals surface area contributed by atoms with Crippen LogP contribution < -0.4 is 5.32 Å². The van der Waals surface area contributed by atoms with Gasteiger partial charge >= 0.3 is 0 Å². The summed E-state index contributed by atoms with van der Waals surface area (Å²) in [7, 11) is 0.